The van der Waals surface area contributed by atoms with E-state index in [1.165, 1.54) is 6.92 Å². The minimum absolute atomic E-state index is 0.137. The van der Waals surface area contributed by atoms with Crippen LogP contribution < -0.4 is 5.32 Å². The third kappa shape index (κ3) is 3.73. The quantitative estimate of drug-likeness (QED) is 0.796. The summed E-state index contributed by atoms with van der Waals surface area (Å²) in [6, 6.07) is 6.57. The van der Waals surface area contributed by atoms with Gasteiger partial charge in [0.1, 0.15) is 0 Å². The maximum Gasteiger partial charge on any atom is 0.338 e. The van der Waals surface area contributed by atoms with E-state index in [4.69, 9.17) is 4.74 Å². The smallest absolute Gasteiger partial charge is 0.338 e. The fourth-order valence-corrected chi connectivity index (χ4v) is 1.18. The summed E-state index contributed by atoms with van der Waals surface area (Å²) in [6.07, 6.45) is -0.137. The molecule has 0 saturated carbocycles. The Hall–Kier alpha value is -1.84. The fraction of sp³-hybridized carbons (Fsp3) is 0.333. The highest BCUT2D eigenvalue weighted by Crippen LogP contribution is 2.11. The van der Waals surface area contributed by atoms with Crippen molar-refractivity contribution in [3.8, 4) is 0 Å². The molecule has 1 rings (SSSR count). The molecular weight excluding hydrogens is 206 g/mol. The van der Waals surface area contributed by atoms with Crippen LogP contribution >= 0.6 is 0 Å². The Kier molecular flexibility index (Phi) is 4.05. The van der Waals surface area contributed by atoms with E-state index >= 15 is 0 Å². The Morgan fingerprint density at radius 2 is 1.75 bits per heavy atom. The summed E-state index contributed by atoms with van der Waals surface area (Å²) in [5.41, 5.74) is 1.14. The SMILES string of the molecule is CC(=O)Nc1ccc(C(=O)OC(C)C)cc1. The molecule has 4 nitrogen and oxygen atoms in total. The highest BCUT2D eigenvalue weighted by molar-refractivity contribution is 5.92. The molecule has 0 aromatic heterocycles. The maximum atomic E-state index is 11.5. The van der Waals surface area contributed by atoms with Crippen molar-refractivity contribution in [2.75, 3.05) is 5.32 Å². The standard InChI is InChI=1S/C12H15NO3/c1-8(2)16-12(15)10-4-6-11(7-5-10)13-9(3)14/h4-8H,1-3H3,(H,13,14). The molecule has 1 N–H and O–H groups in total. The lowest BCUT2D eigenvalue weighted by Gasteiger charge is -2.08. The number of carbonyl (C=O) groups is 2. The van der Waals surface area contributed by atoms with Gasteiger partial charge in [-0.2, -0.15) is 0 Å². The first kappa shape index (κ1) is 12.2. The molecular formula is C12H15NO3. The van der Waals surface area contributed by atoms with Crippen molar-refractivity contribution in [3.63, 3.8) is 0 Å². The van der Waals surface area contributed by atoms with Gasteiger partial charge in [-0.15, -0.1) is 0 Å². The second-order valence-electron chi connectivity index (χ2n) is 3.71. The van der Waals surface area contributed by atoms with Gasteiger partial charge in [0.15, 0.2) is 0 Å². The van der Waals surface area contributed by atoms with Crippen molar-refractivity contribution < 1.29 is 14.3 Å². The Bertz CT molecular complexity index is 382. The molecule has 0 aliphatic carbocycles. The van der Waals surface area contributed by atoms with Crippen molar-refractivity contribution in [1.82, 2.24) is 0 Å². The lowest BCUT2D eigenvalue weighted by molar-refractivity contribution is -0.114. The Labute approximate surface area is 94.6 Å². The predicted octanol–water partition coefficient (Wildman–Crippen LogP) is 2.21. The fourth-order valence-electron chi connectivity index (χ4n) is 1.18. The van der Waals surface area contributed by atoms with E-state index in [1.54, 1.807) is 38.1 Å². The number of esters is 1. The molecule has 0 heterocycles. The minimum Gasteiger partial charge on any atom is -0.459 e. The van der Waals surface area contributed by atoms with Crippen LogP contribution in [0.5, 0.6) is 0 Å². The second-order valence-corrected chi connectivity index (χ2v) is 3.71. The molecule has 1 aromatic carbocycles. The Morgan fingerprint density at radius 1 is 1.19 bits per heavy atom. The summed E-state index contributed by atoms with van der Waals surface area (Å²) in [4.78, 5) is 22.3. The van der Waals surface area contributed by atoms with Gasteiger partial charge < -0.3 is 10.1 Å². The first-order valence-corrected chi connectivity index (χ1v) is 5.07. The monoisotopic (exact) mass is 221 g/mol. The summed E-state index contributed by atoms with van der Waals surface area (Å²) in [5, 5.41) is 2.62. The van der Waals surface area contributed by atoms with Gasteiger partial charge >= 0.3 is 5.97 Å². The largest absolute Gasteiger partial charge is 0.459 e. The molecule has 86 valence electrons. The first-order valence-electron chi connectivity index (χ1n) is 5.07. The van der Waals surface area contributed by atoms with Gasteiger partial charge in [0.25, 0.3) is 0 Å². The van der Waals surface area contributed by atoms with Crippen LogP contribution in [0, 0.1) is 0 Å². The van der Waals surface area contributed by atoms with Crippen LogP contribution in [0.15, 0.2) is 24.3 Å². The van der Waals surface area contributed by atoms with E-state index in [1.807, 2.05) is 0 Å². The van der Waals surface area contributed by atoms with Crippen molar-refractivity contribution >= 4 is 17.6 Å². The van der Waals surface area contributed by atoms with Gasteiger partial charge in [-0.1, -0.05) is 0 Å². The van der Waals surface area contributed by atoms with Gasteiger partial charge in [0.2, 0.25) is 5.91 Å². The van der Waals surface area contributed by atoms with Crippen molar-refractivity contribution in [2.24, 2.45) is 0 Å². The lowest BCUT2D eigenvalue weighted by Crippen LogP contribution is -2.11. The number of rotatable bonds is 3. The molecule has 0 fully saturated rings. The van der Waals surface area contributed by atoms with Crippen LogP contribution in [0.1, 0.15) is 31.1 Å². The summed E-state index contributed by atoms with van der Waals surface area (Å²) in [7, 11) is 0. The summed E-state index contributed by atoms with van der Waals surface area (Å²) in [6.45, 7) is 5.02. The maximum absolute atomic E-state index is 11.5. The third-order valence-electron chi connectivity index (χ3n) is 1.78. The number of hydrogen-bond donors (Lipinski definition) is 1. The molecule has 4 heteroatoms. The highest BCUT2D eigenvalue weighted by Gasteiger charge is 2.08. The van der Waals surface area contributed by atoms with Gasteiger partial charge in [0, 0.05) is 12.6 Å². The van der Waals surface area contributed by atoms with Crippen LogP contribution in [0.4, 0.5) is 5.69 Å². The van der Waals surface area contributed by atoms with Gasteiger partial charge in [-0.25, -0.2) is 4.79 Å². The molecule has 1 amide bonds. The van der Waals surface area contributed by atoms with Crippen molar-refractivity contribution in [3.05, 3.63) is 29.8 Å². The zero-order valence-electron chi connectivity index (χ0n) is 9.61. The summed E-state index contributed by atoms with van der Waals surface area (Å²) >= 11 is 0. The van der Waals surface area contributed by atoms with E-state index < -0.39 is 0 Å². The molecule has 16 heavy (non-hydrogen) atoms. The highest BCUT2D eigenvalue weighted by atomic mass is 16.5. The molecule has 0 aliphatic heterocycles. The molecule has 0 bridgehead atoms. The van der Waals surface area contributed by atoms with E-state index in [9.17, 15) is 9.59 Å². The van der Waals surface area contributed by atoms with Crippen molar-refractivity contribution in [2.45, 2.75) is 26.9 Å². The molecule has 1 aromatic rings. The number of hydrogen-bond acceptors (Lipinski definition) is 3. The summed E-state index contributed by atoms with van der Waals surface area (Å²) < 4.78 is 5.03. The number of ether oxygens (including phenoxy) is 1. The van der Waals surface area contributed by atoms with Crippen LogP contribution in [-0.2, 0) is 9.53 Å². The number of carbonyl (C=O) groups excluding carboxylic acids is 2. The van der Waals surface area contributed by atoms with Crippen LogP contribution in [0.3, 0.4) is 0 Å². The minimum atomic E-state index is -0.357. The van der Waals surface area contributed by atoms with Gasteiger partial charge in [0.05, 0.1) is 11.7 Å². The average molecular weight is 221 g/mol. The topological polar surface area (TPSA) is 55.4 Å². The molecule has 0 atom stereocenters. The van der Waals surface area contributed by atoms with E-state index in [0.717, 1.165) is 0 Å². The number of benzene rings is 1. The zero-order chi connectivity index (χ0) is 12.1. The average Bonchev–Trinajstić information content (AvgIpc) is 2.16. The zero-order valence-corrected chi connectivity index (χ0v) is 9.61. The van der Waals surface area contributed by atoms with E-state index in [0.29, 0.717) is 11.3 Å². The number of nitrogens with one attached hydrogen (secondary N) is 1. The normalized spacial score (nSPS) is 10.0. The van der Waals surface area contributed by atoms with Crippen LogP contribution in [0.25, 0.3) is 0 Å². The summed E-state index contributed by atoms with van der Waals surface area (Å²) in [5.74, 6) is -0.498. The number of amides is 1. The number of anilines is 1. The van der Waals surface area contributed by atoms with Crippen LogP contribution in [0.2, 0.25) is 0 Å². The first-order chi connectivity index (χ1) is 7.49. The van der Waals surface area contributed by atoms with E-state index in [2.05, 4.69) is 5.32 Å². The molecule has 0 radical (unpaired) electrons. The van der Waals surface area contributed by atoms with Crippen LogP contribution in [-0.4, -0.2) is 18.0 Å². The molecule has 0 saturated heterocycles. The Morgan fingerprint density at radius 3 is 2.19 bits per heavy atom. The third-order valence-corrected chi connectivity index (χ3v) is 1.78. The van der Waals surface area contributed by atoms with Gasteiger partial charge in [-0.05, 0) is 38.1 Å². The second kappa shape index (κ2) is 5.30. The van der Waals surface area contributed by atoms with Crippen molar-refractivity contribution in [1.29, 1.82) is 0 Å². The van der Waals surface area contributed by atoms with E-state index in [-0.39, 0.29) is 18.0 Å². The molecule has 0 unspecified atom stereocenters. The lowest BCUT2D eigenvalue weighted by atomic mass is 10.2. The Balaban J connectivity index is 2.71. The predicted molar refractivity (Wildman–Crippen MR) is 61.3 cm³/mol. The van der Waals surface area contributed by atoms with Gasteiger partial charge in [-0.3, -0.25) is 4.79 Å². The molecule has 0 spiro atoms. The molecule has 0 aliphatic rings.